The van der Waals surface area contributed by atoms with Crippen LogP contribution in [0.1, 0.15) is 0 Å². The topological polar surface area (TPSA) is 54.2 Å². The average Bonchev–Trinajstić information content (AvgIpc) is 2.42. The zero-order chi connectivity index (χ0) is 6.97. The number of rotatable bonds is 1. The number of aromatic amines is 1. The van der Waals surface area contributed by atoms with Crippen LogP contribution in [-0.4, -0.2) is 16.9 Å². The Bertz CT molecular complexity index is 331. The van der Waals surface area contributed by atoms with Gasteiger partial charge in [-0.05, 0) is 6.72 Å². The van der Waals surface area contributed by atoms with Crippen molar-refractivity contribution in [2.45, 2.75) is 0 Å². The SMILES string of the molecule is C=Nc1cc2[nH]ncc2o1. The van der Waals surface area contributed by atoms with Gasteiger partial charge in [-0.2, -0.15) is 5.10 Å². The lowest BCUT2D eigenvalue weighted by atomic mass is 10.5. The summed E-state index contributed by atoms with van der Waals surface area (Å²) in [5.74, 6) is 0.517. The van der Waals surface area contributed by atoms with E-state index in [2.05, 4.69) is 21.9 Å². The van der Waals surface area contributed by atoms with Crippen LogP contribution in [0.25, 0.3) is 11.1 Å². The van der Waals surface area contributed by atoms with Gasteiger partial charge >= 0.3 is 0 Å². The van der Waals surface area contributed by atoms with Gasteiger partial charge in [0.05, 0.1) is 6.20 Å². The molecule has 0 fully saturated rings. The van der Waals surface area contributed by atoms with Gasteiger partial charge in [0.1, 0.15) is 5.52 Å². The molecular weight excluding hydrogens is 130 g/mol. The summed E-state index contributed by atoms with van der Waals surface area (Å²) in [6, 6.07) is 1.75. The Morgan fingerprint density at radius 2 is 2.60 bits per heavy atom. The first-order valence-corrected chi connectivity index (χ1v) is 2.80. The first-order chi connectivity index (χ1) is 4.90. The maximum atomic E-state index is 5.13. The number of H-pyrrole nitrogens is 1. The molecule has 50 valence electrons. The Labute approximate surface area is 56.6 Å². The third kappa shape index (κ3) is 0.556. The summed E-state index contributed by atoms with van der Waals surface area (Å²) in [7, 11) is 0. The van der Waals surface area contributed by atoms with Crippen LogP contribution in [0.5, 0.6) is 0 Å². The van der Waals surface area contributed by atoms with E-state index in [1.54, 1.807) is 12.3 Å². The van der Waals surface area contributed by atoms with Crippen molar-refractivity contribution in [2.24, 2.45) is 4.99 Å². The molecule has 4 heteroatoms. The molecule has 0 amide bonds. The van der Waals surface area contributed by atoms with Crippen LogP contribution in [0.3, 0.4) is 0 Å². The number of furan rings is 1. The van der Waals surface area contributed by atoms with Crippen LogP contribution in [0.4, 0.5) is 5.88 Å². The van der Waals surface area contributed by atoms with Gasteiger partial charge in [0.15, 0.2) is 5.58 Å². The van der Waals surface area contributed by atoms with Crippen LogP contribution in [0, 0.1) is 0 Å². The average molecular weight is 135 g/mol. The first-order valence-electron chi connectivity index (χ1n) is 2.80. The van der Waals surface area contributed by atoms with E-state index in [4.69, 9.17) is 4.42 Å². The van der Waals surface area contributed by atoms with Crippen molar-refractivity contribution in [3.05, 3.63) is 12.3 Å². The highest BCUT2D eigenvalue weighted by molar-refractivity contribution is 5.75. The number of nitrogens with one attached hydrogen (secondary N) is 1. The Hall–Kier alpha value is -1.58. The van der Waals surface area contributed by atoms with Crippen molar-refractivity contribution in [3.8, 4) is 0 Å². The molecule has 0 bridgehead atoms. The Balaban J connectivity index is 2.78. The molecule has 0 atom stereocenters. The molecule has 0 saturated carbocycles. The van der Waals surface area contributed by atoms with Gasteiger partial charge in [-0.3, -0.25) is 5.10 Å². The monoisotopic (exact) mass is 135 g/mol. The smallest absolute Gasteiger partial charge is 0.221 e. The van der Waals surface area contributed by atoms with Gasteiger partial charge < -0.3 is 4.42 Å². The minimum atomic E-state index is 0.517. The van der Waals surface area contributed by atoms with Crippen molar-refractivity contribution in [1.29, 1.82) is 0 Å². The third-order valence-corrected chi connectivity index (χ3v) is 1.27. The van der Waals surface area contributed by atoms with Crippen LogP contribution in [0.15, 0.2) is 21.7 Å². The van der Waals surface area contributed by atoms with Crippen molar-refractivity contribution in [2.75, 3.05) is 0 Å². The highest BCUT2D eigenvalue weighted by Crippen LogP contribution is 2.21. The predicted molar refractivity (Wildman–Crippen MR) is 37.6 cm³/mol. The van der Waals surface area contributed by atoms with E-state index in [1.165, 1.54) is 0 Å². The molecular formula is C6H5N3O. The molecule has 0 aliphatic rings. The zero-order valence-corrected chi connectivity index (χ0v) is 5.16. The van der Waals surface area contributed by atoms with Gasteiger partial charge in [0.2, 0.25) is 5.88 Å². The fourth-order valence-electron chi connectivity index (χ4n) is 0.813. The van der Waals surface area contributed by atoms with E-state index in [9.17, 15) is 0 Å². The van der Waals surface area contributed by atoms with Gasteiger partial charge in [-0.1, -0.05) is 0 Å². The lowest BCUT2D eigenvalue weighted by Crippen LogP contribution is -1.60. The highest BCUT2D eigenvalue weighted by Gasteiger charge is 2.01. The predicted octanol–water partition coefficient (Wildman–Crippen LogP) is 1.49. The molecule has 10 heavy (non-hydrogen) atoms. The molecule has 2 aromatic rings. The Morgan fingerprint density at radius 1 is 1.70 bits per heavy atom. The number of hydrogen-bond acceptors (Lipinski definition) is 3. The minimum absolute atomic E-state index is 0.517. The zero-order valence-electron chi connectivity index (χ0n) is 5.16. The van der Waals surface area contributed by atoms with Crippen molar-refractivity contribution < 1.29 is 4.42 Å². The van der Waals surface area contributed by atoms with E-state index in [0.29, 0.717) is 11.5 Å². The van der Waals surface area contributed by atoms with E-state index >= 15 is 0 Å². The summed E-state index contributed by atoms with van der Waals surface area (Å²) in [6.07, 6.45) is 1.60. The largest absolute Gasteiger partial charge is 0.435 e. The molecule has 1 N–H and O–H groups in total. The van der Waals surface area contributed by atoms with E-state index < -0.39 is 0 Å². The number of nitrogens with zero attached hydrogens (tertiary/aromatic N) is 2. The molecule has 0 spiro atoms. The molecule has 0 aromatic carbocycles. The molecule has 0 radical (unpaired) electrons. The number of aromatic nitrogens is 2. The summed E-state index contributed by atoms with van der Waals surface area (Å²) < 4.78 is 5.13. The quantitative estimate of drug-likeness (QED) is 0.602. The molecule has 2 rings (SSSR count). The lowest BCUT2D eigenvalue weighted by molar-refractivity contribution is 0.626. The maximum absolute atomic E-state index is 5.13. The van der Waals surface area contributed by atoms with Crippen molar-refractivity contribution in [3.63, 3.8) is 0 Å². The number of aliphatic imine (C=N–C) groups is 1. The first kappa shape index (κ1) is 5.22. The van der Waals surface area contributed by atoms with Gasteiger partial charge in [-0.25, -0.2) is 4.99 Å². The summed E-state index contributed by atoms with van der Waals surface area (Å²) in [5, 5.41) is 6.50. The molecule has 0 aliphatic heterocycles. The van der Waals surface area contributed by atoms with Gasteiger partial charge in [-0.15, -0.1) is 0 Å². The minimum Gasteiger partial charge on any atom is -0.435 e. The molecule has 2 aromatic heterocycles. The van der Waals surface area contributed by atoms with Crippen LogP contribution >= 0.6 is 0 Å². The van der Waals surface area contributed by atoms with E-state index in [1.807, 2.05) is 0 Å². The number of fused-ring (bicyclic) bond motifs is 1. The summed E-state index contributed by atoms with van der Waals surface area (Å²) in [5.41, 5.74) is 1.56. The van der Waals surface area contributed by atoms with E-state index in [0.717, 1.165) is 5.52 Å². The summed E-state index contributed by atoms with van der Waals surface area (Å²) in [6.45, 7) is 3.33. The summed E-state index contributed by atoms with van der Waals surface area (Å²) >= 11 is 0. The van der Waals surface area contributed by atoms with Crippen molar-refractivity contribution >= 4 is 23.7 Å². The molecule has 0 aliphatic carbocycles. The Kier molecular flexibility index (Phi) is 0.887. The van der Waals surface area contributed by atoms with Crippen LogP contribution in [-0.2, 0) is 0 Å². The van der Waals surface area contributed by atoms with Gasteiger partial charge in [0.25, 0.3) is 0 Å². The fraction of sp³-hybridized carbons (Fsp3) is 0. The highest BCUT2D eigenvalue weighted by atomic mass is 16.3. The molecule has 4 nitrogen and oxygen atoms in total. The van der Waals surface area contributed by atoms with Crippen LogP contribution < -0.4 is 0 Å². The molecule has 0 saturated heterocycles. The third-order valence-electron chi connectivity index (χ3n) is 1.27. The van der Waals surface area contributed by atoms with E-state index in [-0.39, 0.29) is 0 Å². The Morgan fingerprint density at radius 3 is 3.30 bits per heavy atom. The number of hydrogen-bond donors (Lipinski definition) is 1. The second-order valence-corrected chi connectivity index (χ2v) is 1.89. The molecule has 2 heterocycles. The fourth-order valence-corrected chi connectivity index (χ4v) is 0.813. The second kappa shape index (κ2) is 1.70. The van der Waals surface area contributed by atoms with Gasteiger partial charge in [0, 0.05) is 6.07 Å². The standard InChI is InChI=1S/C6H5N3O/c1-7-6-2-4-5(10-6)3-8-9-4/h2-3H,1H2,(H,8,9). The van der Waals surface area contributed by atoms with Crippen LogP contribution in [0.2, 0.25) is 0 Å². The summed E-state index contributed by atoms with van der Waals surface area (Å²) in [4.78, 5) is 3.62. The normalized spacial score (nSPS) is 10.4. The lowest BCUT2D eigenvalue weighted by Gasteiger charge is -1.75. The second-order valence-electron chi connectivity index (χ2n) is 1.89. The maximum Gasteiger partial charge on any atom is 0.221 e. The molecule has 0 unspecified atom stereocenters. The van der Waals surface area contributed by atoms with Crippen molar-refractivity contribution in [1.82, 2.24) is 10.2 Å².